The fourth-order valence-electron chi connectivity index (χ4n) is 5.58. The van der Waals surface area contributed by atoms with Gasteiger partial charge in [-0.2, -0.15) is 0 Å². The van der Waals surface area contributed by atoms with Gasteiger partial charge in [0.05, 0.1) is 30.7 Å². The Morgan fingerprint density at radius 3 is 2.18 bits per heavy atom. The Morgan fingerprint density at radius 1 is 0.921 bits per heavy atom. The number of carbonyl (C=O) groups is 3. The van der Waals surface area contributed by atoms with Crippen LogP contribution in [0.15, 0.2) is 84.9 Å². The van der Waals surface area contributed by atoms with E-state index in [1.807, 2.05) is 81.4 Å². The van der Waals surface area contributed by atoms with Crippen molar-refractivity contribution in [3.63, 3.8) is 0 Å². The van der Waals surface area contributed by atoms with Crippen LogP contribution in [-0.4, -0.2) is 45.3 Å². The molecule has 1 fully saturated rings. The number of para-hydroxylation sites is 1. The van der Waals surface area contributed by atoms with E-state index in [1.165, 1.54) is 9.80 Å². The molecule has 2 heterocycles. The van der Waals surface area contributed by atoms with Gasteiger partial charge in [0, 0.05) is 12.1 Å². The van der Waals surface area contributed by atoms with Crippen LogP contribution in [-0.2, 0) is 21.7 Å². The minimum absolute atomic E-state index is 0.00617. The molecule has 7 heteroatoms. The second-order valence-corrected chi connectivity index (χ2v) is 10.5. The molecule has 7 nitrogen and oxygen atoms in total. The van der Waals surface area contributed by atoms with Crippen LogP contribution < -0.4 is 4.90 Å². The SMILES string of the molecule is CC(C)[C@H]1CN([C@H](C)c2ccccc2)C(=O)N1C(=O)C[C@@]1(O)C(=O)N(Cc2ccccc2)c2ccccc21. The maximum Gasteiger partial charge on any atom is 0.327 e. The number of imide groups is 1. The standard InChI is InChI=1S/C31H33N3O4/c1-21(2)27-20-32(22(3)24-14-8-5-9-15-24)30(37)34(27)28(35)18-31(38)25-16-10-11-17-26(25)33(29(31)36)19-23-12-6-4-7-13-23/h4-17,21-22,27,38H,18-20H2,1-3H3/t22-,27-,31+/m1/s1. The van der Waals surface area contributed by atoms with Gasteiger partial charge in [-0.05, 0) is 30.0 Å². The summed E-state index contributed by atoms with van der Waals surface area (Å²) in [5, 5.41) is 11.8. The quantitative estimate of drug-likeness (QED) is 0.491. The molecule has 38 heavy (non-hydrogen) atoms. The summed E-state index contributed by atoms with van der Waals surface area (Å²) in [6.45, 7) is 6.56. The van der Waals surface area contributed by atoms with Gasteiger partial charge in [-0.15, -0.1) is 0 Å². The molecule has 196 valence electrons. The molecule has 3 aromatic carbocycles. The summed E-state index contributed by atoms with van der Waals surface area (Å²) < 4.78 is 0. The van der Waals surface area contributed by atoms with E-state index in [9.17, 15) is 19.5 Å². The van der Waals surface area contributed by atoms with Gasteiger partial charge < -0.3 is 14.9 Å². The number of rotatable bonds is 7. The van der Waals surface area contributed by atoms with E-state index in [0.29, 0.717) is 17.8 Å². The predicted octanol–water partition coefficient (Wildman–Crippen LogP) is 4.86. The van der Waals surface area contributed by atoms with E-state index in [0.717, 1.165) is 11.1 Å². The van der Waals surface area contributed by atoms with Crippen LogP contribution in [0.3, 0.4) is 0 Å². The topological polar surface area (TPSA) is 81.2 Å². The van der Waals surface area contributed by atoms with Crippen molar-refractivity contribution in [3.05, 3.63) is 102 Å². The van der Waals surface area contributed by atoms with E-state index in [4.69, 9.17) is 0 Å². The summed E-state index contributed by atoms with van der Waals surface area (Å²) in [6, 6.07) is 25.2. The number of fused-ring (bicyclic) bond motifs is 1. The molecular weight excluding hydrogens is 478 g/mol. The zero-order valence-corrected chi connectivity index (χ0v) is 21.9. The monoisotopic (exact) mass is 511 g/mol. The maximum absolute atomic E-state index is 13.8. The smallest absolute Gasteiger partial charge is 0.327 e. The lowest BCUT2D eigenvalue weighted by molar-refractivity contribution is -0.146. The second kappa shape index (κ2) is 10.1. The van der Waals surface area contributed by atoms with Crippen LogP contribution in [0.4, 0.5) is 10.5 Å². The van der Waals surface area contributed by atoms with Crippen molar-refractivity contribution in [2.75, 3.05) is 11.4 Å². The van der Waals surface area contributed by atoms with Crippen molar-refractivity contribution in [1.82, 2.24) is 9.80 Å². The summed E-state index contributed by atoms with van der Waals surface area (Å²) in [7, 11) is 0. The number of anilines is 1. The molecule has 3 atom stereocenters. The highest BCUT2D eigenvalue weighted by molar-refractivity contribution is 6.09. The van der Waals surface area contributed by atoms with E-state index in [1.54, 1.807) is 29.2 Å². The number of nitrogens with zero attached hydrogens (tertiary/aromatic N) is 3. The highest BCUT2D eigenvalue weighted by Gasteiger charge is 2.53. The number of urea groups is 1. The molecule has 0 unspecified atom stereocenters. The molecule has 2 aliphatic rings. The van der Waals surface area contributed by atoms with Gasteiger partial charge in [0.25, 0.3) is 5.91 Å². The Bertz CT molecular complexity index is 1340. The summed E-state index contributed by atoms with van der Waals surface area (Å²) in [5.41, 5.74) is 0.794. The molecule has 1 saturated heterocycles. The molecule has 0 aliphatic carbocycles. The second-order valence-electron chi connectivity index (χ2n) is 10.5. The van der Waals surface area contributed by atoms with Crippen molar-refractivity contribution in [2.45, 2.75) is 51.4 Å². The van der Waals surface area contributed by atoms with Crippen LogP contribution in [0.1, 0.15) is 49.9 Å². The van der Waals surface area contributed by atoms with Gasteiger partial charge in [-0.25, -0.2) is 4.79 Å². The summed E-state index contributed by atoms with van der Waals surface area (Å²) in [5.74, 6) is -1.10. The minimum atomic E-state index is -2.05. The normalized spacial score (nSPS) is 21.8. The molecule has 1 N–H and O–H groups in total. The fourth-order valence-corrected chi connectivity index (χ4v) is 5.58. The molecule has 2 aliphatic heterocycles. The van der Waals surface area contributed by atoms with Crippen molar-refractivity contribution >= 4 is 23.5 Å². The van der Waals surface area contributed by atoms with Gasteiger partial charge in [0.1, 0.15) is 0 Å². The first kappa shape index (κ1) is 25.7. The van der Waals surface area contributed by atoms with Gasteiger partial charge in [0.2, 0.25) is 5.91 Å². The van der Waals surface area contributed by atoms with E-state index in [-0.39, 0.29) is 24.5 Å². The molecule has 0 spiro atoms. The highest BCUT2D eigenvalue weighted by atomic mass is 16.3. The van der Waals surface area contributed by atoms with Crippen molar-refractivity contribution in [3.8, 4) is 0 Å². The highest BCUT2D eigenvalue weighted by Crippen LogP contribution is 2.44. The lowest BCUT2D eigenvalue weighted by atomic mass is 9.90. The van der Waals surface area contributed by atoms with E-state index in [2.05, 4.69) is 0 Å². The molecule has 4 amide bonds. The molecule has 0 saturated carbocycles. The Morgan fingerprint density at radius 2 is 1.53 bits per heavy atom. The third-order valence-corrected chi connectivity index (χ3v) is 7.78. The minimum Gasteiger partial charge on any atom is -0.375 e. The van der Waals surface area contributed by atoms with Crippen LogP contribution >= 0.6 is 0 Å². The Kier molecular flexibility index (Phi) is 6.80. The Hall–Kier alpha value is -3.97. The average molecular weight is 512 g/mol. The number of hydrogen-bond acceptors (Lipinski definition) is 4. The van der Waals surface area contributed by atoms with E-state index < -0.39 is 29.9 Å². The number of benzene rings is 3. The predicted molar refractivity (Wildman–Crippen MR) is 145 cm³/mol. The van der Waals surface area contributed by atoms with Gasteiger partial charge in [0.15, 0.2) is 5.60 Å². The molecule has 5 rings (SSSR count). The van der Waals surface area contributed by atoms with Crippen LogP contribution in [0.25, 0.3) is 0 Å². The zero-order chi connectivity index (χ0) is 27.0. The lowest BCUT2D eigenvalue weighted by Crippen LogP contribution is -2.48. The molecule has 0 bridgehead atoms. The van der Waals surface area contributed by atoms with E-state index >= 15 is 0 Å². The Labute approximate surface area is 223 Å². The zero-order valence-electron chi connectivity index (χ0n) is 21.9. The first-order valence-electron chi connectivity index (χ1n) is 13.1. The number of amides is 4. The molecular formula is C31H33N3O4. The van der Waals surface area contributed by atoms with Crippen LogP contribution in [0.2, 0.25) is 0 Å². The summed E-state index contributed by atoms with van der Waals surface area (Å²) in [4.78, 5) is 45.6. The van der Waals surface area contributed by atoms with Crippen LogP contribution in [0, 0.1) is 5.92 Å². The average Bonchev–Trinajstić information content (AvgIpc) is 3.38. The number of carbonyl (C=O) groups excluding carboxylic acids is 3. The molecule has 3 aromatic rings. The van der Waals surface area contributed by atoms with Gasteiger partial charge in [-0.1, -0.05) is 92.7 Å². The molecule has 0 aromatic heterocycles. The summed E-state index contributed by atoms with van der Waals surface area (Å²) >= 11 is 0. The third-order valence-electron chi connectivity index (χ3n) is 7.78. The lowest BCUT2D eigenvalue weighted by Gasteiger charge is -2.28. The fraction of sp³-hybridized carbons (Fsp3) is 0.323. The third kappa shape index (κ3) is 4.37. The summed E-state index contributed by atoms with van der Waals surface area (Å²) in [6.07, 6.45) is -0.503. The van der Waals surface area contributed by atoms with Gasteiger partial charge in [-0.3, -0.25) is 14.5 Å². The van der Waals surface area contributed by atoms with Crippen LogP contribution in [0.5, 0.6) is 0 Å². The van der Waals surface area contributed by atoms with Crippen molar-refractivity contribution in [2.24, 2.45) is 5.92 Å². The number of aliphatic hydroxyl groups is 1. The Balaban J connectivity index is 1.43. The van der Waals surface area contributed by atoms with Gasteiger partial charge >= 0.3 is 6.03 Å². The van der Waals surface area contributed by atoms with Crippen molar-refractivity contribution < 1.29 is 19.5 Å². The first-order valence-corrected chi connectivity index (χ1v) is 13.1. The number of hydrogen-bond donors (Lipinski definition) is 1. The maximum atomic E-state index is 13.8. The molecule has 0 radical (unpaired) electrons. The first-order chi connectivity index (χ1) is 18.2. The largest absolute Gasteiger partial charge is 0.375 e. The van der Waals surface area contributed by atoms with Crippen molar-refractivity contribution in [1.29, 1.82) is 0 Å².